The summed E-state index contributed by atoms with van der Waals surface area (Å²) in [4.78, 5) is 21.6. The fraction of sp³-hybridized carbons (Fsp3) is 0.273. The fourth-order valence-corrected chi connectivity index (χ4v) is 0.977. The number of esters is 1. The van der Waals surface area contributed by atoms with Gasteiger partial charge in [-0.15, -0.1) is 0 Å². The summed E-state index contributed by atoms with van der Waals surface area (Å²) in [7, 11) is 1.19. The molecule has 0 radical (unpaired) electrons. The van der Waals surface area contributed by atoms with Crippen molar-refractivity contribution in [3.63, 3.8) is 0 Å². The smallest absolute Gasteiger partial charge is 0.335 e. The number of rotatable bonds is 4. The molecule has 80 valence electrons. The van der Waals surface area contributed by atoms with Crippen molar-refractivity contribution in [3.8, 4) is 0 Å². The highest BCUT2D eigenvalue weighted by atomic mass is 16.5. The van der Waals surface area contributed by atoms with Crippen molar-refractivity contribution in [2.75, 3.05) is 7.11 Å². The summed E-state index contributed by atoms with van der Waals surface area (Å²) in [5, 5.41) is 8.69. The van der Waals surface area contributed by atoms with Crippen molar-refractivity contribution in [1.29, 1.82) is 0 Å². The molecular weight excluding hydrogens is 196 g/mol. The van der Waals surface area contributed by atoms with Crippen LogP contribution in [0.15, 0.2) is 24.3 Å². The molecule has 0 heterocycles. The first kappa shape index (κ1) is 8.47. The zero-order valence-electron chi connectivity index (χ0n) is 10.2. The van der Waals surface area contributed by atoms with Gasteiger partial charge in [0.1, 0.15) is 0 Å². The Hall–Kier alpha value is -1.84. The Balaban J connectivity index is 2.91. The van der Waals surface area contributed by atoms with Gasteiger partial charge in [-0.3, -0.25) is 4.79 Å². The first-order valence-corrected chi connectivity index (χ1v) is 4.27. The molecule has 0 atom stereocenters. The summed E-state index contributed by atoms with van der Waals surface area (Å²) >= 11 is 0. The van der Waals surface area contributed by atoms with Crippen LogP contribution in [0.4, 0.5) is 0 Å². The zero-order chi connectivity index (χ0) is 13.1. The summed E-state index contributed by atoms with van der Waals surface area (Å²) in [5.41, 5.74) is 0.315. The highest BCUT2D eigenvalue weighted by Gasteiger charge is 2.03. The zero-order valence-corrected chi connectivity index (χ0v) is 8.19. The van der Waals surface area contributed by atoms with Gasteiger partial charge in [0, 0.05) is 9.16 Å². The number of hydrogen-bond acceptors (Lipinski definition) is 3. The van der Waals surface area contributed by atoms with Crippen LogP contribution in [0.2, 0.25) is 0 Å². The number of hydrogen-bond donors (Lipinski definition) is 1. The van der Waals surface area contributed by atoms with Crippen LogP contribution in [0.5, 0.6) is 0 Å². The van der Waals surface area contributed by atoms with Gasteiger partial charge in [-0.2, -0.15) is 0 Å². The summed E-state index contributed by atoms with van der Waals surface area (Å²) in [6, 6.07) is 5.30. The Morgan fingerprint density at radius 3 is 2.47 bits per heavy atom. The number of aryl methyl sites for hydroxylation is 1. The number of carbonyl (C=O) groups excluding carboxylic acids is 1. The average Bonchev–Trinajstić information content (AvgIpc) is 2.28. The van der Waals surface area contributed by atoms with E-state index in [1.807, 2.05) is 0 Å². The summed E-state index contributed by atoms with van der Waals surface area (Å²) in [6.45, 7) is 0. The van der Waals surface area contributed by atoms with E-state index in [1.165, 1.54) is 31.4 Å². The molecule has 0 fully saturated rings. The molecule has 0 saturated carbocycles. The molecule has 0 bridgehead atoms. The molecule has 0 spiro atoms. The second-order valence-corrected chi connectivity index (χ2v) is 2.81. The SMILES string of the molecule is [2H]C([2H])(CC(=O)OC)c1ccc(C(=O)O)cc1. The van der Waals surface area contributed by atoms with Gasteiger partial charge < -0.3 is 9.84 Å². The van der Waals surface area contributed by atoms with Crippen LogP contribution in [0, 0.1) is 0 Å². The van der Waals surface area contributed by atoms with Crippen LogP contribution < -0.4 is 0 Å². The predicted octanol–water partition coefficient (Wildman–Crippen LogP) is 1.49. The van der Waals surface area contributed by atoms with Gasteiger partial charge in [0.15, 0.2) is 0 Å². The highest BCUT2D eigenvalue weighted by Crippen LogP contribution is 2.07. The molecule has 0 unspecified atom stereocenters. The van der Waals surface area contributed by atoms with Crippen molar-refractivity contribution in [2.24, 2.45) is 0 Å². The van der Waals surface area contributed by atoms with E-state index < -0.39 is 24.7 Å². The molecular formula is C11H12O4. The quantitative estimate of drug-likeness (QED) is 0.765. The number of carboxylic acids is 1. The van der Waals surface area contributed by atoms with Crippen molar-refractivity contribution in [1.82, 2.24) is 0 Å². The van der Waals surface area contributed by atoms with Gasteiger partial charge in [0.05, 0.1) is 12.7 Å². The Labute approximate surface area is 90.3 Å². The molecule has 1 aromatic carbocycles. The highest BCUT2D eigenvalue weighted by molar-refractivity contribution is 5.87. The third-order valence-corrected chi connectivity index (χ3v) is 1.80. The minimum Gasteiger partial charge on any atom is -0.478 e. The summed E-state index contributed by atoms with van der Waals surface area (Å²) < 4.78 is 19.8. The van der Waals surface area contributed by atoms with Crippen LogP contribution in [0.3, 0.4) is 0 Å². The average molecular weight is 210 g/mol. The lowest BCUT2D eigenvalue weighted by Crippen LogP contribution is -2.02. The molecule has 4 nitrogen and oxygen atoms in total. The second-order valence-electron chi connectivity index (χ2n) is 2.81. The van der Waals surface area contributed by atoms with E-state index in [2.05, 4.69) is 4.74 Å². The third kappa shape index (κ3) is 3.42. The molecule has 4 heteroatoms. The molecule has 0 aliphatic heterocycles. The van der Waals surface area contributed by atoms with Crippen molar-refractivity contribution in [3.05, 3.63) is 35.4 Å². The molecule has 0 saturated heterocycles. The number of ether oxygens (including phenoxy) is 1. The Morgan fingerprint density at radius 1 is 1.40 bits per heavy atom. The predicted molar refractivity (Wildman–Crippen MR) is 53.7 cm³/mol. The number of carbonyl (C=O) groups is 2. The van der Waals surface area contributed by atoms with Gasteiger partial charge in [-0.05, 0) is 24.1 Å². The maximum atomic E-state index is 11.0. The van der Waals surface area contributed by atoms with Gasteiger partial charge in [-0.25, -0.2) is 4.79 Å². The van der Waals surface area contributed by atoms with E-state index in [0.29, 0.717) is 0 Å². The van der Waals surface area contributed by atoms with Gasteiger partial charge in [-0.1, -0.05) is 12.1 Å². The monoisotopic (exact) mass is 210 g/mol. The topological polar surface area (TPSA) is 63.6 Å². The van der Waals surface area contributed by atoms with E-state index in [-0.39, 0.29) is 11.1 Å². The van der Waals surface area contributed by atoms with E-state index in [9.17, 15) is 9.59 Å². The molecule has 1 N–H and O–H groups in total. The fourth-order valence-electron chi connectivity index (χ4n) is 0.977. The lowest BCUT2D eigenvalue weighted by Gasteiger charge is -2.01. The minimum absolute atomic E-state index is 0.0719. The van der Waals surface area contributed by atoms with Crippen LogP contribution >= 0.6 is 0 Å². The number of aromatic carboxylic acids is 1. The van der Waals surface area contributed by atoms with Crippen molar-refractivity contribution >= 4 is 11.9 Å². The molecule has 0 amide bonds. The Bertz CT molecular complexity index is 426. The lowest BCUT2D eigenvalue weighted by atomic mass is 10.1. The van der Waals surface area contributed by atoms with E-state index in [1.54, 1.807) is 0 Å². The minimum atomic E-state index is -1.87. The number of carboxylic acid groups (broad SMARTS) is 1. The van der Waals surface area contributed by atoms with Crippen molar-refractivity contribution < 1.29 is 22.2 Å². The van der Waals surface area contributed by atoms with E-state index in [0.717, 1.165) is 0 Å². The van der Waals surface area contributed by atoms with Crippen molar-refractivity contribution in [2.45, 2.75) is 12.8 Å². The maximum Gasteiger partial charge on any atom is 0.335 e. The molecule has 1 aromatic rings. The summed E-state index contributed by atoms with van der Waals surface area (Å²) in [5.74, 6) is -1.73. The second kappa shape index (κ2) is 5.14. The van der Waals surface area contributed by atoms with Crippen LogP contribution in [-0.4, -0.2) is 24.2 Å². The first-order valence-electron chi connectivity index (χ1n) is 5.27. The van der Waals surface area contributed by atoms with Crippen LogP contribution in [0.1, 0.15) is 25.1 Å². The van der Waals surface area contributed by atoms with E-state index >= 15 is 0 Å². The summed E-state index contributed by atoms with van der Waals surface area (Å²) in [6.07, 6.45) is -2.28. The van der Waals surface area contributed by atoms with Gasteiger partial charge >= 0.3 is 11.9 Å². The van der Waals surface area contributed by atoms with Crippen LogP contribution in [-0.2, 0) is 15.9 Å². The lowest BCUT2D eigenvalue weighted by molar-refractivity contribution is -0.140. The number of benzene rings is 1. The standard InChI is InChI=1S/C11H12O4/c1-15-10(12)7-4-8-2-5-9(6-3-8)11(13)14/h2-3,5-6H,4,7H2,1H3,(H,13,14)/i4D2. The normalized spacial score (nSPS) is 12.6. The maximum absolute atomic E-state index is 11.0. The molecule has 0 aliphatic carbocycles. The van der Waals surface area contributed by atoms with E-state index in [4.69, 9.17) is 7.85 Å². The molecule has 15 heavy (non-hydrogen) atoms. The van der Waals surface area contributed by atoms with Gasteiger partial charge in [0.25, 0.3) is 0 Å². The molecule has 0 aromatic heterocycles. The van der Waals surface area contributed by atoms with Crippen LogP contribution in [0.25, 0.3) is 0 Å². The number of methoxy groups -OCH3 is 1. The first-order chi connectivity index (χ1) is 7.86. The third-order valence-electron chi connectivity index (χ3n) is 1.80. The Morgan fingerprint density at radius 2 is 2.00 bits per heavy atom. The molecule has 1 rings (SSSR count). The van der Waals surface area contributed by atoms with Gasteiger partial charge in [0.2, 0.25) is 0 Å². The molecule has 0 aliphatic rings. The Kier molecular flexibility index (Phi) is 2.90. The largest absolute Gasteiger partial charge is 0.478 e.